The van der Waals surface area contributed by atoms with Crippen molar-refractivity contribution in [2.45, 2.75) is 335 Å². The highest BCUT2D eigenvalue weighted by Crippen LogP contribution is 2.17. The van der Waals surface area contributed by atoms with E-state index in [-0.39, 0.29) is 31.1 Å². The molecule has 0 N–H and O–H groups in total. The van der Waals surface area contributed by atoms with Crippen molar-refractivity contribution in [1.29, 1.82) is 0 Å². The van der Waals surface area contributed by atoms with Gasteiger partial charge in [0.25, 0.3) is 0 Å². The fourth-order valence-electron chi connectivity index (χ4n) is 9.60. The largest absolute Gasteiger partial charge is 0.462 e. The topological polar surface area (TPSA) is 78.9 Å². The fraction of sp³-hybridized carbons (Fsp3) is 0.740. The summed E-state index contributed by atoms with van der Waals surface area (Å²) >= 11 is 0. The zero-order chi connectivity index (χ0) is 57.1. The standard InChI is InChI=1S/C73H126O6/c1-4-7-10-13-16-19-22-25-28-31-33-35-36-38-39-42-45-48-51-54-57-60-63-66-72(75)78-69-70(68-77-71(74)65-62-59-56-53-50-47-44-41-30-27-24-21-18-15-12-9-6-3)79-73(76)67-64-61-58-55-52-49-46-43-40-37-34-32-29-26-23-20-17-14-11-8-5-2/h7,9-10,12,16,18-19,21,25,27-28,30,33,35,38-39,70H,4-6,8,11,13-15,17,20,22-24,26,29,31-32,34,36-37,40-69H2,1-3H3/b10-7-,12-9-,19-16-,21-18-,28-25-,30-27-,35-33-,39-38-. The van der Waals surface area contributed by atoms with Gasteiger partial charge in [0, 0.05) is 19.3 Å². The first-order chi connectivity index (χ1) is 39.0. The minimum atomic E-state index is -0.788. The Morgan fingerprint density at radius 2 is 0.494 bits per heavy atom. The van der Waals surface area contributed by atoms with E-state index in [1.807, 2.05) is 0 Å². The summed E-state index contributed by atoms with van der Waals surface area (Å²) in [5.41, 5.74) is 0. The van der Waals surface area contributed by atoms with Gasteiger partial charge >= 0.3 is 17.9 Å². The van der Waals surface area contributed by atoms with E-state index in [0.29, 0.717) is 19.3 Å². The van der Waals surface area contributed by atoms with Gasteiger partial charge in [0.05, 0.1) is 0 Å². The third-order valence-electron chi connectivity index (χ3n) is 14.6. The van der Waals surface area contributed by atoms with Crippen LogP contribution in [0, 0.1) is 0 Å². The zero-order valence-electron chi connectivity index (χ0n) is 52.1. The second kappa shape index (κ2) is 66.8. The van der Waals surface area contributed by atoms with Crippen molar-refractivity contribution in [3.63, 3.8) is 0 Å². The Hall–Kier alpha value is -3.67. The normalized spacial score (nSPS) is 12.7. The Morgan fingerprint density at radius 1 is 0.266 bits per heavy atom. The van der Waals surface area contributed by atoms with Crippen LogP contribution in [0.15, 0.2) is 97.2 Å². The first-order valence-electron chi connectivity index (χ1n) is 33.7. The van der Waals surface area contributed by atoms with Crippen LogP contribution in [0.4, 0.5) is 0 Å². The second-order valence-corrected chi connectivity index (χ2v) is 22.3. The van der Waals surface area contributed by atoms with E-state index in [0.717, 1.165) is 122 Å². The first-order valence-corrected chi connectivity index (χ1v) is 33.7. The molecule has 0 amide bonds. The van der Waals surface area contributed by atoms with Crippen molar-refractivity contribution in [3.8, 4) is 0 Å². The number of unbranched alkanes of at least 4 members (excludes halogenated alkanes) is 34. The number of carbonyl (C=O) groups excluding carboxylic acids is 3. The van der Waals surface area contributed by atoms with E-state index in [1.165, 1.54) is 167 Å². The predicted octanol–water partition coefficient (Wildman–Crippen LogP) is 23.2. The molecule has 0 aliphatic heterocycles. The van der Waals surface area contributed by atoms with Crippen molar-refractivity contribution in [2.75, 3.05) is 13.2 Å². The van der Waals surface area contributed by atoms with Crippen molar-refractivity contribution in [2.24, 2.45) is 0 Å². The average Bonchev–Trinajstić information content (AvgIpc) is 3.45. The summed E-state index contributed by atoms with van der Waals surface area (Å²) in [5, 5.41) is 0. The van der Waals surface area contributed by atoms with Gasteiger partial charge in [-0.15, -0.1) is 0 Å². The van der Waals surface area contributed by atoms with Gasteiger partial charge in [-0.25, -0.2) is 0 Å². The molecule has 0 radical (unpaired) electrons. The SMILES string of the molecule is CC/C=C\C/C=C\C/C=C\C/C=C\C/C=C\CCCCCCCCCC(=O)OCC(COC(=O)CCCCCCCCC/C=C\C/C=C\C/C=C\CC)OC(=O)CCCCCCCCCCCCCCCCCCCCCCC. The molecule has 0 rings (SSSR count). The van der Waals surface area contributed by atoms with Gasteiger partial charge in [0.15, 0.2) is 6.10 Å². The fourth-order valence-corrected chi connectivity index (χ4v) is 9.60. The van der Waals surface area contributed by atoms with E-state index in [1.54, 1.807) is 0 Å². The first kappa shape index (κ1) is 75.3. The Morgan fingerprint density at radius 3 is 0.772 bits per heavy atom. The van der Waals surface area contributed by atoms with Gasteiger partial charge in [-0.3, -0.25) is 14.4 Å². The van der Waals surface area contributed by atoms with Crippen LogP contribution in [0.1, 0.15) is 329 Å². The Bertz CT molecular complexity index is 1540. The van der Waals surface area contributed by atoms with Crippen LogP contribution in [-0.2, 0) is 28.6 Å². The molecule has 1 unspecified atom stereocenters. The number of hydrogen-bond acceptors (Lipinski definition) is 6. The lowest BCUT2D eigenvalue weighted by Crippen LogP contribution is -2.30. The average molecular weight is 1100 g/mol. The van der Waals surface area contributed by atoms with Crippen LogP contribution in [0.5, 0.6) is 0 Å². The summed E-state index contributed by atoms with van der Waals surface area (Å²) in [6, 6.07) is 0. The molecule has 0 aromatic rings. The smallest absolute Gasteiger partial charge is 0.306 e. The Balaban J connectivity index is 4.38. The van der Waals surface area contributed by atoms with Crippen molar-refractivity contribution >= 4 is 17.9 Å². The number of carbonyl (C=O) groups is 3. The quantitative estimate of drug-likeness (QED) is 0.0261. The predicted molar refractivity (Wildman–Crippen MR) is 344 cm³/mol. The zero-order valence-corrected chi connectivity index (χ0v) is 52.1. The highest BCUT2D eigenvalue weighted by Gasteiger charge is 2.19. The number of esters is 3. The molecule has 0 saturated heterocycles. The van der Waals surface area contributed by atoms with E-state index < -0.39 is 6.10 Å². The van der Waals surface area contributed by atoms with Crippen molar-refractivity contribution in [3.05, 3.63) is 97.2 Å². The molecular formula is C73H126O6. The summed E-state index contributed by atoms with van der Waals surface area (Å²) in [6.07, 6.45) is 89.9. The number of rotatable bonds is 61. The van der Waals surface area contributed by atoms with Gasteiger partial charge in [0.2, 0.25) is 0 Å². The number of ether oxygens (including phenoxy) is 3. The molecule has 79 heavy (non-hydrogen) atoms. The summed E-state index contributed by atoms with van der Waals surface area (Å²) in [7, 11) is 0. The van der Waals surface area contributed by atoms with Gasteiger partial charge in [-0.2, -0.15) is 0 Å². The molecule has 0 aliphatic rings. The Labute approximate surface area is 489 Å². The lowest BCUT2D eigenvalue weighted by Gasteiger charge is -2.18. The molecule has 0 aromatic carbocycles. The maximum Gasteiger partial charge on any atom is 0.306 e. The van der Waals surface area contributed by atoms with Crippen LogP contribution in [0.3, 0.4) is 0 Å². The van der Waals surface area contributed by atoms with Crippen molar-refractivity contribution in [1.82, 2.24) is 0 Å². The van der Waals surface area contributed by atoms with Crippen molar-refractivity contribution < 1.29 is 28.6 Å². The van der Waals surface area contributed by atoms with Crippen LogP contribution in [0.25, 0.3) is 0 Å². The maximum absolute atomic E-state index is 13.0. The summed E-state index contributed by atoms with van der Waals surface area (Å²) in [6.45, 7) is 6.44. The van der Waals surface area contributed by atoms with Gasteiger partial charge in [-0.1, -0.05) is 311 Å². The van der Waals surface area contributed by atoms with E-state index in [9.17, 15) is 14.4 Å². The second-order valence-electron chi connectivity index (χ2n) is 22.3. The third-order valence-corrected chi connectivity index (χ3v) is 14.6. The lowest BCUT2D eigenvalue weighted by molar-refractivity contribution is -0.167. The molecule has 0 fully saturated rings. The van der Waals surface area contributed by atoms with Crippen LogP contribution in [0.2, 0.25) is 0 Å². The summed E-state index contributed by atoms with van der Waals surface area (Å²) < 4.78 is 17.0. The summed E-state index contributed by atoms with van der Waals surface area (Å²) in [5.74, 6) is -0.888. The monoisotopic (exact) mass is 1100 g/mol. The van der Waals surface area contributed by atoms with E-state index >= 15 is 0 Å². The van der Waals surface area contributed by atoms with Gasteiger partial charge in [-0.05, 0) is 96.3 Å². The molecule has 0 heterocycles. The Kier molecular flexibility index (Phi) is 63.7. The molecule has 0 aliphatic carbocycles. The van der Waals surface area contributed by atoms with E-state index in [4.69, 9.17) is 14.2 Å². The van der Waals surface area contributed by atoms with Gasteiger partial charge < -0.3 is 14.2 Å². The molecule has 6 heteroatoms. The van der Waals surface area contributed by atoms with Crippen LogP contribution < -0.4 is 0 Å². The minimum Gasteiger partial charge on any atom is -0.462 e. The molecule has 0 spiro atoms. The number of allylic oxidation sites excluding steroid dienone is 16. The highest BCUT2D eigenvalue weighted by atomic mass is 16.6. The molecule has 0 saturated carbocycles. The molecule has 6 nitrogen and oxygen atoms in total. The third kappa shape index (κ3) is 65.0. The lowest BCUT2D eigenvalue weighted by atomic mass is 10.0. The highest BCUT2D eigenvalue weighted by molar-refractivity contribution is 5.71. The summed E-state index contributed by atoms with van der Waals surface area (Å²) in [4.78, 5) is 38.4. The molecular weight excluding hydrogens is 973 g/mol. The maximum atomic E-state index is 13.0. The molecule has 454 valence electrons. The molecule has 0 bridgehead atoms. The van der Waals surface area contributed by atoms with Crippen LogP contribution >= 0.6 is 0 Å². The number of hydrogen-bond donors (Lipinski definition) is 0. The molecule has 1 atom stereocenters. The van der Waals surface area contributed by atoms with E-state index in [2.05, 4.69) is 118 Å². The van der Waals surface area contributed by atoms with Gasteiger partial charge in [0.1, 0.15) is 13.2 Å². The minimum absolute atomic E-state index is 0.0840. The molecule has 0 aromatic heterocycles. The van der Waals surface area contributed by atoms with Crippen LogP contribution in [-0.4, -0.2) is 37.2 Å².